The summed E-state index contributed by atoms with van der Waals surface area (Å²) in [5.41, 5.74) is 2.55. The number of amides is 1. The van der Waals surface area contributed by atoms with Gasteiger partial charge in [0.25, 0.3) is 5.91 Å². The number of piperidine rings is 1. The number of carbonyl (C=O) groups excluding carboxylic acids is 1. The third-order valence-electron chi connectivity index (χ3n) is 5.58. The van der Waals surface area contributed by atoms with Crippen LogP contribution < -0.4 is 0 Å². The number of nitrogens with zero attached hydrogens (tertiary/aromatic N) is 4. The van der Waals surface area contributed by atoms with Crippen LogP contribution in [0, 0.1) is 5.82 Å². The fourth-order valence-electron chi connectivity index (χ4n) is 4.03. The van der Waals surface area contributed by atoms with Gasteiger partial charge in [-0.3, -0.25) is 9.48 Å². The molecule has 0 N–H and O–H groups in total. The largest absolute Gasteiger partial charge is 0.445 e. The molecule has 1 amide bonds. The minimum Gasteiger partial charge on any atom is -0.445 e. The van der Waals surface area contributed by atoms with Crippen molar-refractivity contribution < 1.29 is 13.6 Å². The van der Waals surface area contributed by atoms with Gasteiger partial charge in [0.1, 0.15) is 17.3 Å². The molecule has 4 rings (SSSR count). The summed E-state index contributed by atoms with van der Waals surface area (Å²) in [6.07, 6.45) is 6.02. The summed E-state index contributed by atoms with van der Waals surface area (Å²) in [6.45, 7) is 3.42. The molecule has 1 saturated heterocycles. The first-order valence-electron chi connectivity index (χ1n) is 10.5. The summed E-state index contributed by atoms with van der Waals surface area (Å²) in [6, 6.07) is 8.29. The average Bonchev–Trinajstić information content (AvgIpc) is 3.36. The second-order valence-electron chi connectivity index (χ2n) is 7.95. The Morgan fingerprint density at radius 3 is 2.87 bits per heavy atom. The molecule has 1 aromatic carbocycles. The number of likely N-dealkylation sites (tertiary alicyclic amines) is 1. The molecule has 3 aromatic rings. The molecule has 1 aliphatic rings. The van der Waals surface area contributed by atoms with Gasteiger partial charge in [-0.25, -0.2) is 9.37 Å². The van der Waals surface area contributed by atoms with Crippen molar-refractivity contribution >= 4 is 5.91 Å². The number of halogens is 1. The van der Waals surface area contributed by atoms with Gasteiger partial charge in [0.15, 0.2) is 5.89 Å². The van der Waals surface area contributed by atoms with Crippen LogP contribution in [0.25, 0.3) is 0 Å². The Morgan fingerprint density at radius 2 is 2.10 bits per heavy atom. The number of aromatic nitrogens is 3. The van der Waals surface area contributed by atoms with E-state index < -0.39 is 0 Å². The lowest BCUT2D eigenvalue weighted by atomic mass is 9.97. The normalized spacial score (nSPS) is 16.8. The third kappa shape index (κ3) is 4.45. The van der Waals surface area contributed by atoms with Crippen molar-refractivity contribution in [1.29, 1.82) is 0 Å². The SMILES string of the molecule is CCCc1cc(C(=O)N2CCC[C@H](c3ncc(Cc4ccc(F)cc4)o3)C2)n(C)n1. The van der Waals surface area contributed by atoms with E-state index in [1.54, 1.807) is 23.0 Å². The highest BCUT2D eigenvalue weighted by Gasteiger charge is 2.29. The molecule has 6 nitrogen and oxygen atoms in total. The fourth-order valence-corrected chi connectivity index (χ4v) is 4.03. The summed E-state index contributed by atoms with van der Waals surface area (Å²) >= 11 is 0. The maximum atomic E-state index is 13.1. The fraction of sp³-hybridized carbons (Fsp3) is 0.435. The predicted molar refractivity (Wildman–Crippen MR) is 111 cm³/mol. The average molecular weight is 410 g/mol. The molecular weight excluding hydrogens is 383 g/mol. The maximum absolute atomic E-state index is 13.1. The van der Waals surface area contributed by atoms with Gasteiger partial charge >= 0.3 is 0 Å². The molecule has 30 heavy (non-hydrogen) atoms. The Kier molecular flexibility index (Phi) is 5.97. The van der Waals surface area contributed by atoms with Crippen LogP contribution in [0.5, 0.6) is 0 Å². The lowest BCUT2D eigenvalue weighted by Crippen LogP contribution is -2.40. The molecule has 1 fully saturated rings. The van der Waals surface area contributed by atoms with Crippen LogP contribution in [-0.2, 0) is 19.9 Å². The molecule has 0 bridgehead atoms. The number of oxazole rings is 1. The third-order valence-corrected chi connectivity index (χ3v) is 5.58. The van der Waals surface area contributed by atoms with E-state index in [-0.39, 0.29) is 17.6 Å². The van der Waals surface area contributed by atoms with E-state index in [4.69, 9.17) is 4.42 Å². The molecule has 0 saturated carbocycles. The van der Waals surface area contributed by atoms with Crippen molar-refractivity contribution in [2.24, 2.45) is 7.05 Å². The van der Waals surface area contributed by atoms with E-state index in [1.807, 2.05) is 18.0 Å². The lowest BCUT2D eigenvalue weighted by molar-refractivity contribution is 0.0686. The summed E-state index contributed by atoms with van der Waals surface area (Å²) in [4.78, 5) is 19.4. The van der Waals surface area contributed by atoms with Gasteiger partial charge < -0.3 is 9.32 Å². The molecule has 2 aromatic heterocycles. The van der Waals surface area contributed by atoms with Crippen molar-refractivity contribution in [1.82, 2.24) is 19.7 Å². The number of benzene rings is 1. The molecule has 0 spiro atoms. The Morgan fingerprint density at radius 1 is 1.30 bits per heavy atom. The van der Waals surface area contributed by atoms with Gasteiger partial charge in [-0.15, -0.1) is 0 Å². The van der Waals surface area contributed by atoms with E-state index in [9.17, 15) is 9.18 Å². The van der Waals surface area contributed by atoms with E-state index in [2.05, 4.69) is 17.0 Å². The number of carbonyl (C=O) groups is 1. The maximum Gasteiger partial charge on any atom is 0.272 e. The zero-order valence-corrected chi connectivity index (χ0v) is 17.5. The first-order valence-corrected chi connectivity index (χ1v) is 10.5. The monoisotopic (exact) mass is 410 g/mol. The highest BCUT2D eigenvalue weighted by Crippen LogP contribution is 2.28. The molecule has 0 unspecified atom stereocenters. The number of hydrogen-bond donors (Lipinski definition) is 0. The minimum atomic E-state index is -0.251. The standard InChI is InChI=1S/C23H27FN4O2/c1-3-5-19-13-21(27(2)26-19)23(29)28-11-4-6-17(15-28)22-25-14-20(30-22)12-16-7-9-18(24)10-8-16/h7-10,13-14,17H,3-6,11-12,15H2,1-2H3/t17-/m0/s1. The van der Waals surface area contributed by atoms with Crippen LogP contribution >= 0.6 is 0 Å². The molecular formula is C23H27FN4O2. The molecule has 3 heterocycles. The lowest BCUT2D eigenvalue weighted by Gasteiger charge is -2.31. The van der Waals surface area contributed by atoms with Crippen LogP contribution in [0.3, 0.4) is 0 Å². The summed E-state index contributed by atoms with van der Waals surface area (Å²) in [5, 5.41) is 4.46. The first kappa shape index (κ1) is 20.3. The van der Waals surface area contributed by atoms with Crippen molar-refractivity contribution in [3.8, 4) is 0 Å². The Bertz CT molecular complexity index is 1010. The number of aryl methyl sites for hydroxylation is 2. The molecule has 0 radical (unpaired) electrons. The smallest absolute Gasteiger partial charge is 0.272 e. The van der Waals surface area contributed by atoms with Crippen LogP contribution in [0.15, 0.2) is 40.9 Å². The van der Waals surface area contributed by atoms with Gasteiger partial charge in [-0.05, 0) is 43.0 Å². The zero-order valence-electron chi connectivity index (χ0n) is 17.5. The van der Waals surface area contributed by atoms with E-state index >= 15 is 0 Å². The van der Waals surface area contributed by atoms with Gasteiger partial charge in [-0.2, -0.15) is 5.10 Å². The topological polar surface area (TPSA) is 64.2 Å². The van der Waals surface area contributed by atoms with Crippen molar-refractivity contribution in [2.75, 3.05) is 13.1 Å². The van der Waals surface area contributed by atoms with E-state index in [0.717, 1.165) is 49.2 Å². The van der Waals surface area contributed by atoms with Crippen LogP contribution in [0.4, 0.5) is 4.39 Å². The predicted octanol–water partition coefficient (Wildman–Crippen LogP) is 4.11. The second-order valence-corrected chi connectivity index (χ2v) is 7.95. The Balaban J connectivity index is 1.43. The quantitative estimate of drug-likeness (QED) is 0.613. The van der Waals surface area contributed by atoms with Crippen molar-refractivity contribution in [3.05, 3.63) is 70.9 Å². The Labute approximate surface area is 175 Å². The van der Waals surface area contributed by atoms with Gasteiger partial charge in [0.05, 0.1) is 17.8 Å². The van der Waals surface area contributed by atoms with Crippen LogP contribution in [0.2, 0.25) is 0 Å². The molecule has 1 atom stereocenters. The molecule has 1 aliphatic heterocycles. The molecule has 0 aliphatic carbocycles. The molecule has 158 valence electrons. The highest BCUT2D eigenvalue weighted by molar-refractivity contribution is 5.92. The number of rotatable bonds is 6. The first-order chi connectivity index (χ1) is 14.5. The van der Waals surface area contributed by atoms with E-state index in [1.165, 1.54) is 12.1 Å². The van der Waals surface area contributed by atoms with Gasteiger partial charge in [0, 0.05) is 26.6 Å². The second kappa shape index (κ2) is 8.81. The molecule has 7 heteroatoms. The summed E-state index contributed by atoms with van der Waals surface area (Å²) in [7, 11) is 1.82. The van der Waals surface area contributed by atoms with Gasteiger partial charge in [-0.1, -0.05) is 25.5 Å². The van der Waals surface area contributed by atoms with Crippen molar-refractivity contribution in [3.63, 3.8) is 0 Å². The summed E-state index contributed by atoms with van der Waals surface area (Å²) in [5.74, 6) is 1.25. The van der Waals surface area contributed by atoms with Gasteiger partial charge in [0.2, 0.25) is 0 Å². The zero-order chi connectivity index (χ0) is 21.1. The number of hydrogen-bond acceptors (Lipinski definition) is 4. The van der Waals surface area contributed by atoms with Crippen LogP contribution in [-0.4, -0.2) is 38.7 Å². The highest BCUT2D eigenvalue weighted by atomic mass is 19.1. The minimum absolute atomic E-state index is 0.00939. The van der Waals surface area contributed by atoms with Crippen molar-refractivity contribution in [2.45, 2.75) is 44.9 Å². The Hall–Kier alpha value is -2.96. The summed E-state index contributed by atoms with van der Waals surface area (Å²) < 4.78 is 20.8. The van der Waals surface area contributed by atoms with Crippen LogP contribution in [0.1, 0.15) is 65.5 Å². The van der Waals surface area contributed by atoms with E-state index in [0.29, 0.717) is 24.6 Å².